The molecule has 1 fully saturated rings. The number of piperidine rings is 1. The quantitative estimate of drug-likeness (QED) is 0.524. The molecule has 9 heteroatoms. The SMILES string of the molecule is O=C(NCc1ccc(Cl)cc1Cl)C1CCCN(Cc2nc(-c3ccccc3Cl)no2)C1. The molecule has 0 spiro atoms. The average Bonchev–Trinajstić information content (AvgIpc) is 3.21. The van der Waals surface area contributed by atoms with Crippen LogP contribution in [0.4, 0.5) is 0 Å². The van der Waals surface area contributed by atoms with Gasteiger partial charge < -0.3 is 9.84 Å². The molecular formula is C22H21Cl3N4O2. The molecule has 2 aromatic carbocycles. The second kappa shape index (κ2) is 10.0. The normalized spacial score (nSPS) is 16.9. The monoisotopic (exact) mass is 478 g/mol. The minimum atomic E-state index is -0.106. The summed E-state index contributed by atoms with van der Waals surface area (Å²) in [5.41, 5.74) is 1.57. The number of rotatable bonds is 6. The van der Waals surface area contributed by atoms with Crippen LogP contribution in [0.5, 0.6) is 0 Å². The molecule has 1 unspecified atom stereocenters. The van der Waals surface area contributed by atoms with Crippen LogP contribution in [-0.2, 0) is 17.9 Å². The van der Waals surface area contributed by atoms with Crippen molar-refractivity contribution in [2.24, 2.45) is 5.92 Å². The van der Waals surface area contributed by atoms with E-state index in [1.807, 2.05) is 24.3 Å². The first kappa shape index (κ1) is 22.1. The maximum absolute atomic E-state index is 12.7. The summed E-state index contributed by atoms with van der Waals surface area (Å²) in [6.45, 7) is 2.36. The molecule has 0 saturated carbocycles. The van der Waals surface area contributed by atoms with Crippen LogP contribution < -0.4 is 5.32 Å². The van der Waals surface area contributed by atoms with Crippen molar-refractivity contribution in [1.29, 1.82) is 0 Å². The molecule has 1 N–H and O–H groups in total. The first-order chi connectivity index (χ1) is 15.0. The molecule has 31 heavy (non-hydrogen) atoms. The minimum Gasteiger partial charge on any atom is -0.352 e. The first-order valence-corrected chi connectivity index (χ1v) is 11.1. The second-order valence-corrected chi connectivity index (χ2v) is 8.77. The fourth-order valence-electron chi connectivity index (χ4n) is 3.67. The third kappa shape index (κ3) is 5.57. The molecule has 162 valence electrons. The van der Waals surface area contributed by atoms with Crippen LogP contribution in [0.1, 0.15) is 24.3 Å². The lowest BCUT2D eigenvalue weighted by molar-refractivity contribution is -0.127. The first-order valence-electron chi connectivity index (χ1n) is 10.0. The molecule has 6 nitrogen and oxygen atoms in total. The van der Waals surface area contributed by atoms with E-state index in [1.54, 1.807) is 18.2 Å². The third-order valence-corrected chi connectivity index (χ3v) is 6.20. The van der Waals surface area contributed by atoms with Gasteiger partial charge in [-0.1, -0.05) is 58.2 Å². The van der Waals surface area contributed by atoms with Crippen LogP contribution in [-0.4, -0.2) is 34.0 Å². The van der Waals surface area contributed by atoms with Crippen LogP contribution in [0.15, 0.2) is 47.0 Å². The summed E-state index contributed by atoms with van der Waals surface area (Å²) in [6.07, 6.45) is 1.76. The molecule has 1 aliphatic rings. The lowest BCUT2D eigenvalue weighted by Crippen LogP contribution is -2.42. The minimum absolute atomic E-state index is 0.0120. The molecule has 0 bridgehead atoms. The van der Waals surface area contributed by atoms with E-state index >= 15 is 0 Å². The zero-order valence-electron chi connectivity index (χ0n) is 16.7. The highest BCUT2D eigenvalue weighted by Gasteiger charge is 2.27. The van der Waals surface area contributed by atoms with Crippen LogP contribution in [0.3, 0.4) is 0 Å². The number of benzene rings is 2. The van der Waals surface area contributed by atoms with Gasteiger partial charge in [0, 0.05) is 28.7 Å². The van der Waals surface area contributed by atoms with Gasteiger partial charge in [0.1, 0.15) is 0 Å². The standard InChI is InChI=1S/C22H21Cl3N4O2/c23-16-8-7-14(19(25)10-16)11-26-22(30)15-4-3-9-29(12-15)13-20-27-21(28-31-20)17-5-1-2-6-18(17)24/h1-2,5-8,10,15H,3-4,9,11-13H2,(H,26,30). The van der Waals surface area contributed by atoms with Crippen LogP contribution in [0.25, 0.3) is 11.4 Å². The number of hydrogen-bond acceptors (Lipinski definition) is 5. The van der Waals surface area contributed by atoms with Gasteiger partial charge in [-0.15, -0.1) is 0 Å². The highest BCUT2D eigenvalue weighted by atomic mass is 35.5. The Morgan fingerprint density at radius 3 is 2.81 bits per heavy atom. The smallest absolute Gasteiger partial charge is 0.241 e. The fraction of sp³-hybridized carbons (Fsp3) is 0.318. The van der Waals surface area contributed by atoms with Crippen molar-refractivity contribution in [2.75, 3.05) is 13.1 Å². The largest absolute Gasteiger partial charge is 0.352 e. The summed E-state index contributed by atoms with van der Waals surface area (Å²) in [6, 6.07) is 12.6. The molecule has 1 amide bonds. The Kier molecular flexibility index (Phi) is 7.13. The second-order valence-electron chi connectivity index (χ2n) is 7.52. The maximum Gasteiger partial charge on any atom is 0.241 e. The average molecular weight is 480 g/mol. The maximum atomic E-state index is 12.7. The van der Waals surface area contributed by atoms with Crippen LogP contribution in [0.2, 0.25) is 15.1 Å². The molecule has 1 saturated heterocycles. The number of amides is 1. The molecule has 4 rings (SSSR count). The predicted octanol–water partition coefficient (Wildman–Crippen LogP) is 5.23. The number of likely N-dealkylation sites (tertiary alicyclic amines) is 1. The van der Waals surface area contributed by atoms with E-state index in [0.29, 0.717) is 46.4 Å². The number of aromatic nitrogens is 2. The Labute approximate surface area is 195 Å². The zero-order valence-corrected chi connectivity index (χ0v) is 18.9. The predicted molar refractivity (Wildman–Crippen MR) is 121 cm³/mol. The molecule has 1 aromatic heterocycles. The van der Waals surface area contributed by atoms with Gasteiger partial charge in [-0.3, -0.25) is 9.69 Å². The van der Waals surface area contributed by atoms with Gasteiger partial charge in [-0.05, 0) is 49.2 Å². The Bertz CT molecular complexity index is 1070. The van der Waals surface area contributed by atoms with Gasteiger partial charge in [0.25, 0.3) is 0 Å². The van der Waals surface area contributed by atoms with Crippen LogP contribution in [0, 0.1) is 5.92 Å². The lowest BCUT2D eigenvalue weighted by Gasteiger charge is -2.30. The van der Waals surface area contributed by atoms with Crippen molar-refractivity contribution in [1.82, 2.24) is 20.4 Å². The van der Waals surface area contributed by atoms with Gasteiger partial charge in [0.05, 0.1) is 17.5 Å². The van der Waals surface area contributed by atoms with E-state index in [2.05, 4.69) is 20.4 Å². The molecule has 0 aliphatic carbocycles. The van der Waals surface area contributed by atoms with Gasteiger partial charge in [0.2, 0.25) is 17.6 Å². The van der Waals surface area contributed by atoms with Crippen LogP contribution >= 0.6 is 34.8 Å². The molecule has 1 atom stereocenters. The van der Waals surface area contributed by atoms with Crippen molar-refractivity contribution in [3.05, 3.63) is 69.0 Å². The summed E-state index contributed by atoms with van der Waals surface area (Å²) >= 11 is 18.3. The Hall–Kier alpha value is -2.12. The van der Waals surface area contributed by atoms with Crippen molar-refractivity contribution < 1.29 is 9.32 Å². The highest BCUT2D eigenvalue weighted by Crippen LogP contribution is 2.26. The summed E-state index contributed by atoms with van der Waals surface area (Å²) < 4.78 is 5.41. The van der Waals surface area contributed by atoms with Crippen molar-refractivity contribution in [2.45, 2.75) is 25.9 Å². The number of carbonyl (C=O) groups is 1. The number of nitrogens with zero attached hydrogens (tertiary/aromatic N) is 3. The zero-order chi connectivity index (χ0) is 21.8. The molecule has 2 heterocycles. The Morgan fingerprint density at radius 2 is 2.00 bits per heavy atom. The number of nitrogens with one attached hydrogen (secondary N) is 1. The summed E-state index contributed by atoms with van der Waals surface area (Å²) in [5, 5.41) is 8.72. The van der Waals surface area contributed by atoms with Gasteiger partial charge in [-0.2, -0.15) is 4.98 Å². The molecule has 0 radical (unpaired) electrons. The van der Waals surface area contributed by atoms with Crippen molar-refractivity contribution in [3.63, 3.8) is 0 Å². The summed E-state index contributed by atoms with van der Waals surface area (Å²) in [7, 11) is 0. The molecule has 1 aliphatic heterocycles. The van der Waals surface area contributed by atoms with Crippen molar-refractivity contribution >= 4 is 40.7 Å². The highest BCUT2D eigenvalue weighted by molar-refractivity contribution is 6.35. The Morgan fingerprint density at radius 1 is 1.16 bits per heavy atom. The molecule has 3 aromatic rings. The topological polar surface area (TPSA) is 71.3 Å². The van der Waals surface area contributed by atoms with Gasteiger partial charge in [-0.25, -0.2) is 0 Å². The number of halogens is 3. The van der Waals surface area contributed by atoms with E-state index in [4.69, 9.17) is 39.3 Å². The number of carbonyl (C=O) groups excluding carboxylic acids is 1. The number of hydrogen-bond donors (Lipinski definition) is 1. The van der Waals surface area contributed by atoms with E-state index in [9.17, 15) is 4.79 Å². The van der Waals surface area contributed by atoms with E-state index in [-0.39, 0.29) is 11.8 Å². The Balaban J connectivity index is 1.33. The summed E-state index contributed by atoms with van der Waals surface area (Å²) in [5.74, 6) is 0.874. The molecular weight excluding hydrogens is 459 g/mol. The van der Waals surface area contributed by atoms with Gasteiger partial charge in [0.15, 0.2) is 0 Å². The van der Waals surface area contributed by atoms with Crippen molar-refractivity contribution in [3.8, 4) is 11.4 Å². The lowest BCUT2D eigenvalue weighted by atomic mass is 9.97. The third-order valence-electron chi connectivity index (χ3n) is 5.29. The van der Waals surface area contributed by atoms with E-state index in [1.165, 1.54) is 0 Å². The van der Waals surface area contributed by atoms with E-state index < -0.39 is 0 Å². The van der Waals surface area contributed by atoms with E-state index in [0.717, 1.165) is 30.5 Å². The van der Waals surface area contributed by atoms with Gasteiger partial charge >= 0.3 is 0 Å². The summed E-state index contributed by atoms with van der Waals surface area (Å²) in [4.78, 5) is 19.3. The fourth-order valence-corrected chi connectivity index (χ4v) is 4.36.